The molecule has 0 saturated carbocycles. The highest BCUT2D eigenvalue weighted by atomic mass is 19.3. The van der Waals surface area contributed by atoms with Gasteiger partial charge in [-0.2, -0.15) is 9.97 Å². The number of nitrogens with zero attached hydrogens (tertiary/aromatic N) is 6. The van der Waals surface area contributed by atoms with Crippen molar-refractivity contribution in [2.45, 2.75) is 51.4 Å². The van der Waals surface area contributed by atoms with Crippen LogP contribution in [-0.4, -0.2) is 115 Å². The number of nitrogens with one attached hydrogen (secondary N) is 1. The lowest BCUT2D eigenvalue weighted by molar-refractivity contribution is 0.0136. The molecule has 5 heterocycles. The molecule has 3 aromatic rings. The van der Waals surface area contributed by atoms with E-state index in [1.807, 2.05) is 17.2 Å². The van der Waals surface area contributed by atoms with Gasteiger partial charge in [-0.1, -0.05) is 6.08 Å². The third-order valence-corrected chi connectivity index (χ3v) is 9.28. The number of aliphatic hydroxyl groups is 1. The van der Waals surface area contributed by atoms with Gasteiger partial charge in [-0.25, -0.2) is 8.78 Å². The molecule has 0 aliphatic carbocycles. The topological polar surface area (TPSA) is 93.2 Å². The molecule has 1 aromatic carbocycles. The molecule has 12 heteroatoms. The first kappa shape index (κ1) is 30.7. The summed E-state index contributed by atoms with van der Waals surface area (Å²) >= 11 is 0. The lowest BCUT2D eigenvalue weighted by Gasteiger charge is -2.39. The summed E-state index contributed by atoms with van der Waals surface area (Å²) in [6, 6.07) is 4.13. The molecule has 2 aromatic heterocycles. The Morgan fingerprint density at radius 1 is 1.16 bits per heavy atom. The number of likely N-dealkylation sites (tertiary alicyclic amines) is 1. The van der Waals surface area contributed by atoms with E-state index in [0.29, 0.717) is 39.3 Å². The fraction of sp³-hybridized carbons (Fsp3) is 0.562. The van der Waals surface area contributed by atoms with Crippen molar-refractivity contribution < 1.29 is 23.4 Å². The van der Waals surface area contributed by atoms with E-state index in [1.54, 1.807) is 25.1 Å². The van der Waals surface area contributed by atoms with E-state index in [-0.39, 0.29) is 25.6 Å². The highest BCUT2D eigenvalue weighted by Gasteiger charge is 2.43. The van der Waals surface area contributed by atoms with E-state index in [2.05, 4.69) is 40.8 Å². The number of benzene rings is 1. The van der Waals surface area contributed by atoms with Crippen LogP contribution in [0.4, 0.5) is 20.3 Å². The molecule has 3 aliphatic heterocycles. The van der Waals surface area contributed by atoms with Crippen molar-refractivity contribution in [1.82, 2.24) is 24.8 Å². The SMILES string of the molecule is COC/C=C/C(O)N1CCN(c2nc(OC[C@@H]3CC(F)(F)CN3C)nc3c2CCN(c2c(C)c(C)cc4[nH]ccc24)C3)CC1. The smallest absolute Gasteiger partial charge is 0.318 e. The van der Waals surface area contributed by atoms with Crippen molar-refractivity contribution >= 4 is 22.4 Å². The summed E-state index contributed by atoms with van der Waals surface area (Å²) < 4.78 is 39.3. The van der Waals surface area contributed by atoms with E-state index < -0.39 is 18.2 Å². The molecular formula is C32H43F2N7O3. The quantitative estimate of drug-likeness (QED) is 0.353. The Balaban J connectivity index is 1.27. The van der Waals surface area contributed by atoms with Gasteiger partial charge in [0.05, 0.1) is 25.4 Å². The summed E-state index contributed by atoms with van der Waals surface area (Å²) in [4.78, 5) is 21.4. The van der Waals surface area contributed by atoms with Gasteiger partial charge in [-0.05, 0) is 56.7 Å². The number of alkyl halides is 2. The van der Waals surface area contributed by atoms with Crippen molar-refractivity contribution in [3.63, 3.8) is 0 Å². The molecule has 0 bridgehead atoms. The van der Waals surface area contributed by atoms with Crippen LogP contribution < -0.4 is 14.5 Å². The number of hydrogen-bond acceptors (Lipinski definition) is 9. The van der Waals surface area contributed by atoms with Gasteiger partial charge in [0, 0.05) is 80.6 Å². The maximum absolute atomic E-state index is 14.1. The fourth-order valence-corrected chi connectivity index (χ4v) is 6.74. The molecule has 0 radical (unpaired) electrons. The number of H-pyrrole nitrogens is 1. The van der Waals surface area contributed by atoms with Gasteiger partial charge in [-0.3, -0.25) is 9.80 Å². The second-order valence-electron chi connectivity index (χ2n) is 12.3. The van der Waals surface area contributed by atoms with Crippen molar-refractivity contribution in [1.29, 1.82) is 0 Å². The zero-order valence-corrected chi connectivity index (χ0v) is 26.0. The van der Waals surface area contributed by atoms with Crippen LogP contribution >= 0.6 is 0 Å². The van der Waals surface area contributed by atoms with Crippen LogP contribution in [0.25, 0.3) is 10.9 Å². The van der Waals surface area contributed by atoms with Gasteiger partial charge >= 0.3 is 6.01 Å². The summed E-state index contributed by atoms with van der Waals surface area (Å²) in [6.07, 6.45) is 5.41. The normalized spacial score (nSPS) is 21.8. The Morgan fingerprint density at radius 2 is 1.95 bits per heavy atom. The second kappa shape index (κ2) is 12.6. The number of piperazine rings is 1. The van der Waals surface area contributed by atoms with Gasteiger partial charge in [0.2, 0.25) is 0 Å². The number of hydrogen-bond donors (Lipinski definition) is 2. The Bertz CT molecular complexity index is 1500. The molecule has 2 N–H and O–H groups in total. The Hall–Kier alpha value is -3.32. The molecule has 1 unspecified atom stereocenters. The predicted molar refractivity (Wildman–Crippen MR) is 167 cm³/mol. The number of halogens is 2. The van der Waals surface area contributed by atoms with E-state index in [1.165, 1.54) is 22.2 Å². The van der Waals surface area contributed by atoms with Crippen molar-refractivity contribution in [3.05, 3.63) is 52.9 Å². The highest BCUT2D eigenvalue weighted by molar-refractivity contribution is 5.95. The zero-order valence-electron chi connectivity index (χ0n) is 26.0. The van der Waals surface area contributed by atoms with Gasteiger partial charge < -0.3 is 29.4 Å². The minimum atomic E-state index is -2.72. The minimum Gasteiger partial charge on any atom is -0.462 e. The number of aliphatic hydroxyl groups excluding tert-OH is 1. The average Bonchev–Trinajstić information content (AvgIpc) is 3.57. The standard InChI is InChI=1S/C32H43F2N7O3/c1-21-16-26-24(7-9-35-26)29(22(21)2)41-10-8-25-27(18-41)36-31(44-19-23-17-32(33,34)20-38(23)3)37-30(25)40-13-11-39(12-14-40)28(42)6-5-15-43-4/h5-7,9,16,23,28,35,42H,8,10-15,17-20H2,1-4H3/b6-5+/t23-,28?/m0/s1. The van der Waals surface area contributed by atoms with Crippen LogP contribution in [0.1, 0.15) is 28.8 Å². The van der Waals surface area contributed by atoms with Gasteiger partial charge in [-0.15, -0.1) is 0 Å². The number of aromatic amines is 1. The first-order chi connectivity index (χ1) is 21.1. The molecule has 44 heavy (non-hydrogen) atoms. The molecular weight excluding hydrogens is 568 g/mol. The van der Waals surface area contributed by atoms with Crippen LogP contribution in [0.5, 0.6) is 6.01 Å². The molecule has 2 fully saturated rings. The number of rotatable bonds is 9. The van der Waals surface area contributed by atoms with E-state index in [0.717, 1.165) is 35.6 Å². The molecule has 238 valence electrons. The molecule has 3 aliphatic rings. The van der Waals surface area contributed by atoms with Gasteiger partial charge in [0.15, 0.2) is 0 Å². The second-order valence-corrected chi connectivity index (χ2v) is 12.3. The monoisotopic (exact) mass is 611 g/mol. The van der Waals surface area contributed by atoms with Crippen molar-refractivity contribution in [3.8, 4) is 6.01 Å². The van der Waals surface area contributed by atoms with E-state index in [9.17, 15) is 13.9 Å². The largest absolute Gasteiger partial charge is 0.462 e. The number of ether oxygens (including phenoxy) is 2. The van der Waals surface area contributed by atoms with Gasteiger partial charge in [0.1, 0.15) is 18.7 Å². The molecule has 0 spiro atoms. The van der Waals surface area contributed by atoms with Crippen LogP contribution in [0, 0.1) is 13.8 Å². The van der Waals surface area contributed by atoms with Crippen LogP contribution in [-0.2, 0) is 17.7 Å². The first-order valence-electron chi connectivity index (χ1n) is 15.4. The number of anilines is 2. The fourth-order valence-electron chi connectivity index (χ4n) is 6.74. The average molecular weight is 612 g/mol. The van der Waals surface area contributed by atoms with Crippen LogP contribution in [0.3, 0.4) is 0 Å². The number of aromatic nitrogens is 3. The predicted octanol–water partition coefficient (Wildman–Crippen LogP) is 3.50. The summed E-state index contributed by atoms with van der Waals surface area (Å²) in [5, 5.41) is 11.8. The van der Waals surface area contributed by atoms with Crippen LogP contribution in [0.2, 0.25) is 0 Å². The highest BCUT2D eigenvalue weighted by Crippen LogP contribution is 2.38. The Labute approximate surface area is 257 Å². The Kier molecular flexibility index (Phi) is 8.78. The maximum atomic E-state index is 14.1. The van der Waals surface area contributed by atoms with Gasteiger partial charge in [0.25, 0.3) is 5.92 Å². The van der Waals surface area contributed by atoms with Crippen molar-refractivity contribution in [2.75, 3.05) is 76.4 Å². The lowest BCUT2D eigenvalue weighted by Crippen LogP contribution is -2.50. The van der Waals surface area contributed by atoms with Crippen LogP contribution in [0.15, 0.2) is 30.5 Å². The number of aryl methyl sites for hydroxylation is 1. The van der Waals surface area contributed by atoms with Crippen molar-refractivity contribution in [2.24, 2.45) is 0 Å². The number of likely N-dealkylation sites (N-methyl/N-ethyl adjacent to an activating group) is 1. The Morgan fingerprint density at radius 3 is 2.68 bits per heavy atom. The zero-order chi connectivity index (χ0) is 31.0. The molecule has 2 saturated heterocycles. The summed E-state index contributed by atoms with van der Waals surface area (Å²) in [5.74, 6) is -1.88. The number of fused-ring (bicyclic) bond motifs is 2. The lowest BCUT2D eigenvalue weighted by atomic mass is 9.99. The molecule has 10 nitrogen and oxygen atoms in total. The molecule has 6 rings (SSSR count). The summed E-state index contributed by atoms with van der Waals surface area (Å²) in [5.41, 5.74) is 6.77. The summed E-state index contributed by atoms with van der Waals surface area (Å²) in [7, 11) is 3.33. The molecule has 0 amide bonds. The third kappa shape index (κ3) is 6.26. The molecule has 2 atom stereocenters. The third-order valence-electron chi connectivity index (χ3n) is 9.28. The maximum Gasteiger partial charge on any atom is 0.318 e. The summed E-state index contributed by atoms with van der Waals surface area (Å²) in [6.45, 7) is 8.68. The number of methoxy groups -OCH3 is 1. The van der Waals surface area contributed by atoms with E-state index >= 15 is 0 Å². The minimum absolute atomic E-state index is 0.1000. The first-order valence-corrected chi connectivity index (χ1v) is 15.4. The van der Waals surface area contributed by atoms with E-state index in [4.69, 9.17) is 19.4 Å².